The molecule has 1 saturated carbocycles. The fourth-order valence-corrected chi connectivity index (χ4v) is 2.73. The summed E-state index contributed by atoms with van der Waals surface area (Å²) in [5, 5.41) is 3.54. The topological polar surface area (TPSA) is 47.0 Å². The third-order valence-corrected chi connectivity index (χ3v) is 3.71. The van der Waals surface area contributed by atoms with Gasteiger partial charge < -0.3 is 10.1 Å². The van der Waals surface area contributed by atoms with Gasteiger partial charge in [0.2, 0.25) is 0 Å². The number of ether oxygens (including phenoxy) is 1. The van der Waals surface area contributed by atoms with Crippen molar-refractivity contribution in [2.45, 2.75) is 51.2 Å². The molecular formula is C13H19N3O. The van der Waals surface area contributed by atoms with Crippen LogP contribution < -0.4 is 5.32 Å². The van der Waals surface area contributed by atoms with Gasteiger partial charge in [-0.05, 0) is 39.0 Å². The smallest absolute Gasteiger partial charge is 0.133 e. The highest BCUT2D eigenvalue weighted by atomic mass is 16.5. The molecule has 0 spiro atoms. The molecule has 1 aromatic rings. The molecule has 0 aliphatic heterocycles. The van der Waals surface area contributed by atoms with E-state index in [2.05, 4.69) is 22.2 Å². The second-order valence-electron chi connectivity index (χ2n) is 4.89. The van der Waals surface area contributed by atoms with Gasteiger partial charge in [-0.3, -0.25) is 0 Å². The molecule has 1 heterocycles. The summed E-state index contributed by atoms with van der Waals surface area (Å²) in [6.45, 7) is 2.87. The highest BCUT2D eigenvalue weighted by Gasteiger charge is 2.30. The van der Waals surface area contributed by atoms with Gasteiger partial charge in [-0.2, -0.15) is 0 Å². The van der Waals surface area contributed by atoms with Gasteiger partial charge in [-0.25, -0.2) is 9.97 Å². The Morgan fingerprint density at radius 3 is 3.06 bits per heavy atom. The minimum absolute atomic E-state index is 0.451. The number of aromatic nitrogens is 2. The van der Waals surface area contributed by atoms with E-state index in [9.17, 15) is 0 Å². The normalized spacial score (nSPS) is 26.4. The second-order valence-corrected chi connectivity index (χ2v) is 4.89. The molecule has 0 radical (unpaired) electrons. The Labute approximate surface area is 102 Å². The van der Waals surface area contributed by atoms with Crippen molar-refractivity contribution in [3.05, 3.63) is 17.6 Å². The highest BCUT2D eigenvalue weighted by molar-refractivity contribution is 5.49. The van der Waals surface area contributed by atoms with Gasteiger partial charge in [0.05, 0.1) is 6.10 Å². The van der Waals surface area contributed by atoms with Crippen LogP contribution in [0.25, 0.3) is 0 Å². The van der Waals surface area contributed by atoms with Gasteiger partial charge in [-0.1, -0.05) is 0 Å². The van der Waals surface area contributed by atoms with Crippen molar-refractivity contribution in [3.63, 3.8) is 0 Å². The third kappa shape index (κ3) is 2.14. The van der Waals surface area contributed by atoms with Crippen LogP contribution in [0.15, 0.2) is 6.33 Å². The Morgan fingerprint density at radius 2 is 2.24 bits per heavy atom. The maximum absolute atomic E-state index is 5.57. The fourth-order valence-electron chi connectivity index (χ4n) is 2.73. The van der Waals surface area contributed by atoms with Crippen molar-refractivity contribution in [2.75, 3.05) is 11.9 Å². The molecule has 0 atom stereocenters. The monoisotopic (exact) mass is 233 g/mol. The van der Waals surface area contributed by atoms with Gasteiger partial charge in [0.1, 0.15) is 12.1 Å². The number of nitrogens with zero attached hydrogens (tertiary/aromatic N) is 2. The zero-order valence-electron chi connectivity index (χ0n) is 10.3. The lowest BCUT2D eigenvalue weighted by Crippen LogP contribution is -2.41. The molecule has 1 N–H and O–H groups in total. The molecule has 0 aromatic carbocycles. The van der Waals surface area contributed by atoms with Gasteiger partial charge in [0.15, 0.2) is 0 Å². The number of nitrogens with one attached hydrogen (secondary N) is 1. The molecule has 1 fully saturated rings. The van der Waals surface area contributed by atoms with Crippen LogP contribution >= 0.6 is 0 Å². The molecule has 1 aromatic heterocycles. The van der Waals surface area contributed by atoms with Crippen molar-refractivity contribution >= 4 is 5.82 Å². The van der Waals surface area contributed by atoms with E-state index in [0.717, 1.165) is 38.1 Å². The van der Waals surface area contributed by atoms with Gasteiger partial charge in [0, 0.05) is 23.9 Å². The summed E-state index contributed by atoms with van der Waals surface area (Å²) in [4.78, 5) is 8.72. The molecular weight excluding hydrogens is 214 g/mol. The number of hydrogen-bond acceptors (Lipinski definition) is 4. The molecule has 0 amide bonds. The number of rotatable bonds is 4. The van der Waals surface area contributed by atoms with E-state index < -0.39 is 0 Å². The summed E-state index contributed by atoms with van der Waals surface area (Å²) < 4.78 is 5.57. The van der Waals surface area contributed by atoms with Gasteiger partial charge in [-0.15, -0.1) is 0 Å². The minimum atomic E-state index is 0.451. The second kappa shape index (κ2) is 4.61. The maximum Gasteiger partial charge on any atom is 0.133 e. The zero-order chi connectivity index (χ0) is 11.7. The summed E-state index contributed by atoms with van der Waals surface area (Å²) in [5.41, 5.74) is 2.58. The van der Waals surface area contributed by atoms with Crippen molar-refractivity contribution in [3.8, 4) is 0 Å². The van der Waals surface area contributed by atoms with E-state index in [4.69, 9.17) is 4.74 Å². The first-order valence-corrected chi connectivity index (χ1v) is 6.57. The lowest BCUT2D eigenvalue weighted by atomic mass is 9.89. The van der Waals surface area contributed by atoms with Crippen molar-refractivity contribution in [1.82, 2.24) is 9.97 Å². The minimum Gasteiger partial charge on any atom is -0.378 e. The van der Waals surface area contributed by atoms with Crippen molar-refractivity contribution in [2.24, 2.45) is 0 Å². The van der Waals surface area contributed by atoms with Gasteiger partial charge in [0.25, 0.3) is 0 Å². The number of anilines is 1. The predicted molar refractivity (Wildman–Crippen MR) is 66.1 cm³/mol. The summed E-state index contributed by atoms with van der Waals surface area (Å²) in [5.74, 6) is 1.06. The Kier molecular flexibility index (Phi) is 2.97. The molecule has 0 saturated heterocycles. The summed E-state index contributed by atoms with van der Waals surface area (Å²) in [7, 11) is 0. The molecule has 92 valence electrons. The lowest BCUT2D eigenvalue weighted by molar-refractivity contribution is 0.00291. The molecule has 0 unspecified atom stereocenters. The van der Waals surface area contributed by atoms with Crippen LogP contribution in [-0.4, -0.2) is 28.7 Å². The number of fused-ring (bicyclic) bond motifs is 1. The Hall–Kier alpha value is -1.16. The first-order valence-electron chi connectivity index (χ1n) is 6.57. The Morgan fingerprint density at radius 1 is 1.35 bits per heavy atom. The SMILES string of the molecule is CCOC1CC(Nc2ncnc3c2CCC3)C1. The first kappa shape index (κ1) is 11.0. The quantitative estimate of drug-likeness (QED) is 0.863. The Bertz CT molecular complexity index is 402. The average Bonchev–Trinajstić information content (AvgIpc) is 2.75. The van der Waals surface area contributed by atoms with E-state index in [1.807, 2.05) is 0 Å². The van der Waals surface area contributed by atoms with Crippen LogP contribution in [0.2, 0.25) is 0 Å². The fraction of sp³-hybridized carbons (Fsp3) is 0.692. The Balaban J connectivity index is 1.61. The first-order chi connectivity index (χ1) is 8.36. The summed E-state index contributed by atoms with van der Waals surface area (Å²) in [6.07, 6.45) is 7.80. The van der Waals surface area contributed by atoms with E-state index in [-0.39, 0.29) is 0 Å². The average molecular weight is 233 g/mol. The third-order valence-electron chi connectivity index (χ3n) is 3.71. The summed E-state index contributed by atoms with van der Waals surface area (Å²) >= 11 is 0. The van der Waals surface area contributed by atoms with Crippen LogP contribution in [0.5, 0.6) is 0 Å². The van der Waals surface area contributed by atoms with Crippen LogP contribution in [0, 0.1) is 0 Å². The number of hydrogen-bond donors (Lipinski definition) is 1. The molecule has 2 aliphatic carbocycles. The van der Waals surface area contributed by atoms with Crippen LogP contribution in [0.1, 0.15) is 37.4 Å². The van der Waals surface area contributed by atoms with E-state index in [0.29, 0.717) is 12.1 Å². The van der Waals surface area contributed by atoms with Crippen LogP contribution in [-0.2, 0) is 17.6 Å². The van der Waals surface area contributed by atoms with Crippen LogP contribution in [0.4, 0.5) is 5.82 Å². The standard InChI is InChI=1S/C13H19N3O/c1-2-17-10-6-9(7-10)16-13-11-4-3-5-12(11)14-8-15-13/h8-10H,2-7H2,1H3,(H,14,15,16). The number of aryl methyl sites for hydroxylation is 1. The van der Waals surface area contributed by atoms with Crippen LogP contribution in [0.3, 0.4) is 0 Å². The molecule has 17 heavy (non-hydrogen) atoms. The van der Waals surface area contributed by atoms with E-state index in [1.54, 1.807) is 6.33 Å². The molecule has 4 heteroatoms. The predicted octanol–water partition coefficient (Wildman–Crippen LogP) is 1.94. The largest absolute Gasteiger partial charge is 0.378 e. The molecule has 2 aliphatic rings. The molecule has 0 bridgehead atoms. The maximum atomic E-state index is 5.57. The lowest BCUT2D eigenvalue weighted by Gasteiger charge is -2.36. The van der Waals surface area contributed by atoms with E-state index in [1.165, 1.54) is 17.7 Å². The zero-order valence-corrected chi connectivity index (χ0v) is 10.3. The highest BCUT2D eigenvalue weighted by Crippen LogP contribution is 2.30. The molecule has 3 rings (SSSR count). The summed E-state index contributed by atoms with van der Waals surface area (Å²) in [6, 6.07) is 0.533. The molecule has 4 nitrogen and oxygen atoms in total. The van der Waals surface area contributed by atoms with E-state index >= 15 is 0 Å². The van der Waals surface area contributed by atoms with Crippen molar-refractivity contribution in [1.29, 1.82) is 0 Å². The van der Waals surface area contributed by atoms with Crippen molar-refractivity contribution < 1.29 is 4.74 Å². The van der Waals surface area contributed by atoms with Gasteiger partial charge >= 0.3 is 0 Å².